The third-order valence-corrected chi connectivity index (χ3v) is 4.56. The molecule has 2 aromatic rings. The number of hydrogen-bond acceptors (Lipinski definition) is 4. The lowest BCUT2D eigenvalue weighted by molar-refractivity contribution is 0.243. The van der Waals surface area contributed by atoms with Gasteiger partial charge in [0.15, 0.2) is 0 Å². The van der Waals surface area contributed by atoms with Gasteiger partial charge in [-0.25, -0.2) is 9.37 Å². The first-order valence-electron chi connectivity index (χ1n) is 7.22. The Kier molecular flexibility index (Phi) is 6.32. The highest BCUT2D eigenvalue weighted by molar-refractivity contribution is 7.11. The van der Waals surface area contributed by atoms with Crippen molar-refractivity contribution >= 4 is 22.9 Å². The van der Waals surface area contributed by atoms with Crippen LogP contribution in [0.15, 0.2) is 24.4 Å². The number of nitrogens with zero attached hydrogens (tertiary/aromatic N) is 1. The summed E-state index contributed by atoms with van der Waals surface area (Å²) in [5.74, 6) is 0.102. The summed E-state index contributed by atoms with van der Waals surface area (Å²) in [6.45, 7) is 4.80. The molecule has 1 aromatic carbocycles. The molecule has 22 heavy (non-hydrogen) atoms. The summed E-state index contributed by atoms with van der Waals surface area (Å²) < 4.78 is 13.5. The molecule has 2 rings (SSSR count). The number of aromatic nitrogens is 1. The minimum absolute atomic E-state index is 0.0845. The third-order valence-electron chi connectivity index (χ3n) is 3.24. The molecule has 2 N–H and O–H groups in total. The van der Waals surface area contributed by atoms with E-state index in [-0.39, 0.29) is 17.7 Å². The fourth-order valence-corrected chi connectivity index (χ4v) is 3.32. The summed E-state index contributed by atoms with van der Waals surface area (Å²) in [5.41, 5.74) is 0.677. The molecule has 1 atom stereocenters. The summed E-state index contributed by atoms with van der Waals surface area (Å²) in [6.07, 6.45) is 2.82. The van der Waals surface area contributed by atoms with Gasteiger partial charge < -0.3 is 10.4 Å². The molecule has 1 aromatic heterocycles. The van der Waals surface area contributed by atoms with Crippen molar-refractivity contribution in [1.29, 1.82) is 0 Å². The molecule has 0 saturated heterocycles. The van der Waals surface area contributed by atoms with Gasteiger partial charge in [-0.1, -0.05) is 31.5 Å². The minimum atomic E-state index is -0.476. The number of aliphatic hydroxyl groups excluding tert-OH is 1. The summed E-state index contributed by atoms with van der Waals surface area (Å²) >= 11 is 7.35. The first-order chi connectivity index (χ1) is 10.5. The van der Waals surface area contributed by atoms with Gasteiger partial charge in [0, 0.05) is 24.0 Å². The van der Waals surface area contributed by atoms with Gasteiger partial charge in [0.05, 0.1) is 22.7 Å². The van der Waals surface area contributed by atoms with Crippen molar-refractivity contribution in [2.45, 2.75) is 32.9 Å². The Morgan fingerprint density at radius 2 is 2.18 bits per heavy atom. The van der Waals surface area contributed by atoms with Gasteiger partial charge in [-0.2, -0.15) is 0 Å². The highest BCUT2D eigenvalue weighted by Gasteiger charge is 2.13. The predicted molar refractivity (Wildman–Crippen MR) is 88.7 cm³/mol. The lowest BCUT2D eigenvalue weighted by Crippen LogP contribution is -2.23. The SMILES string of the molecule is CC(C)Cc1ncc(CNC(CO)c2ccc(Cl)c(F)c2)s1. The topological polar surface area (TPSA) is 45.2 Å². The lowest BCUT2D eigenvalue weighted by atomic mass is 10.1. The van der Waals surface area contributed by atoms with Crippen LogP contribution in [0.2, 0.25) is 5.02 Å². The second-order valence-corrected chi connectivity index (χ2v) is 7.21. The minimum Gasteiger partial charge on any atom is -0.394 e. The van der Waals surface area contributed by atoms with Gasteiger partial charge in [0.1, 0.15) is 5.82 Å². The normalized spacial score (nSPS) is 12.8. The van der Waals surface area contributed by atoms with Crippen LogP contribution in [-0.4, -0.2) is 16.7 Å². The van der Waals surface area contributed by atoms with Crippen LogP contribution in [0.3, 0.4) is 0 Å². The molecular formula is C16H20ClFN2OS. The van der Waals surface area contributed by atoms with Gasteiger partial charge in [0.25, 0.3) is 0 Å². The Balaban J connectivity index is 1.98. The van der Waals surface area contributed by atoms with Crippen molar-refractivity contribution in [2.75, 3.05) is 6.61 Å². The maximum atomic E-state index is 13.5. The number of halogens is 2. The number of thiazole rings is 1. The van der Waals surface area contributed by atoms with Crippen molar-refractivity contribution in [3.05, 3.63) is 50.7 Å². The second kappa shape index (κ2) is 8.02. The van der Waals surface area contributed by atoms with E-state index < -0.39 is 5.82 Å². The summed E-state index contributed by atoms with van der Waals surface area (Å²) in [6, 6.07) is 4.25. The van der Waals surface area contributed by atoms with Crippen molar-refractivity contribution < 1.29 is 9.50 Å². The monoisotopic (exact) mass is 342 g/mol. The van der Waals surface area contributed by atoms with E-state index in [1.807, 2.05) is 6.20 Å². The number of nitrogens with one attached hydrogen (secondary N) is 1. The Morgan fingerprint density at radius 1 is 1.41 bits per heavy atom. The zero-order valence-corrected chi connectivity index (χ0v) is 14.2. The molecule has 0 saturated carbocycles. The zero-order valence-electron chi connectivity index (χ0n) is 12.6. The quantitative estimate of drug-likeness (QED) is 0.800. The largest absolute Gasteiger partial charge is 0.394 e. The van der Waals surface area contributed by atoms with Crippen LogP contribution >= 0.6 is 22.9 Å². The number of benzene rings is 1. The number of rotatable bonds is 7. The molecule has 0 aliphatic heterocycles. The molecule has 3 nitrogen and oxygen atoms in total. The van der Waals surface area contributed by atoms with E-state index in [1.54, 1.807) is 17.4 Å². The maximum Gasteiger partial charge on any atom is 0.142 e. The van der Waals surface area contributed by atoms with Crippen molar-refractivity contribution in [3.8, 4) is 0 Å². The molecule has 0 bridgehead atoms. The van der Waals surface area contributed by atoms with Gasteiger partial charge >= 0.3 is 0 Å². The first-order valence-corrected chi connectivity index (χ1v) is 8.41. The number of hydrogen-bond donors (Lipinski definition) is 2. The van der Waals surface area contributed by atoms with Crippen LogP contribution < -0.4 is 5.32 Å². The summed E-state index contributed by atoms with van der Waals surface area (Å²) in [5, 5.41) is 13.9. The zero-order chi connectivity index (χ0) is 16.1. The van der Waals surface area contributed by atoms with Crippen molar-refractivity contribution in [2.24, 2.45) is 5.92 Å². The molecule has 0 aliphatic rings. The Morgan fingerprint density at radius 3 is 2.82 bits per heavy atom. The third kappa shape index (κ3) is 4.74. The average molecular weight is 343 g/mol. The molecule has 0 spiro atoms. The van der Waals surface area contributed by atoms with Crippen LogP contribution in [0.25, 0.3) is 0 Å². The van der Waals surface area contributed by atoms with Crippen molar-refractivity contribution in [1.82, 2.24) is 10.3 Å². The van der Waals surface area contributed by atoms with E-state index in [1.165, 1.54) is 12.1 Å². The molecule has 0 amide bonds. The van der Waals surface area contributed by atoms with E-state index in [4.69, 9.17) is 11.6 Å². The van der Waals surface area contributed by atoms with E-state index in [0.717, 1.165) is 16.3 Å². The maximum absolute atomic E-state index is 13.5. The van der Waals surface area contributed by atoms with E-state index >= 15 is 0 Å². The average Bonchev–Trinajstić information content (AvgIpc) is 2.90. The predicted octanol–water partition coefficient (Wildman–Crippen LogP) is 3.96. The smallest absolute Gasteiger partial charge is 0.142 e. The van der Waals surface area contributed by atoms with Crippen LogP contribution in [0.4, 0.5) is 4.39 Å². The Bertz CT molecular complexity index is 618. The molecular weight excluding hydrogens is 323 g/mol. The van der Waals surface area contributed by atoms with Crippen LogP contribution in [0.5, 0.6) is 0 Å². The number of aliphatic hydroxyl groups is 1. The fourth-order valence-electron chi connectivity index (χ4n) is 2.11. The molecule has 0 fully saturated rings. The van der Waals surface area contributed by atoms with Crippen molar-refractivity contribution in [3.63, 3.8) is 0 Å². The van der Waals surface area contributed by atoms with E-state index in [0.29, 0.717) is 18.0 Å². The van der Waals surface area contributed by atoms with Gasteiger partial charge in [-0.3, -0.25) is 0 Å². The Hall–Kier alpha value is -1.01. The fraction of sp³-hybridized carbons (Fsp3) is 0.438. The van der Waals surface area contributed by atoms with Gasteiger partial charge in [-0.05, 0) is 23.6 Å². The second-order valence-electron chi connectivity index (χ2n) is 5.61. The standard InChI is InChI=1S/C16H20ClFN2OS/c1-10(2)5-16-20-8-12(22-16)7-19-15(9-21)11-3-4-13(17)14(18)6-11/h3-4,6,8,10,15,19,21H,5,7,9H2,1-2H3. The van der Waals surface area contributed by atoms with Gasteiger partial charge in [0.2, 0.25) is 0 Å². The van der Waals surface area contributed by atoms with Crippen LogP contribution in [0, 0.1) is 11.7 Å². The van der Waals surface area contributed by atoms with Crippen LogP contribution in [0.1, 0.15) is 35.3 Å². The molecule has 0 aliphatic carbocycles. The molecule has 1 heterocycles. The summed E-state index contributed by atoms with van der Waals surface area (Å²) in [7, 11) is 0. The molecule has 6 heteroatoms. The highest BCUT2D eigenvalue weighted by Crippen LogP contribution is 2.22. The lowest BCUT2D eigenvalue weighted by Gasteiger charge is -2.16. The Labute approximate surface area is 139 Å². The molecule has 0 radical (unpaired) electrons. The summed E-state index contributed by atoms with van der Waals surface area (Å²) in [4.78, 5) is 5.50. The molecule has 1 unspecified atom stereocenters. The highest BCUT2D eigenvalue weighted by atomic mass is 35.5. The van der Waals surface area contributed by atoms with E-state index in [2.05, 4.69) is 24.1 Å². The van der Waals surface area contributed by atoms with E-state index in [9.17, 15) is 9.50 Å². The first kappa shape index (κ1) is 17.3. The van der Waals surface area contributed by atoms with Gasteiger partial charge in [-0.15, -0.1) is 11.3 Å². The molecule has 120 valence electrons. The van der Waals surface area contributed by atoms with Crippen LogP contribution in [-0.2, 0) is 13.0 Å².